The lowest BCUT2D eigenvalue weighted by Gasteiger charge is -2.09. The largest absolute Gasteiger partial charge is 0.496 e. The van der Waals surface area contributed by atoms with Gasteiger partial charge in [-0.1, -0.05) is 18.2 Å². The molecule has 2 aromatic rings. The van der Waals surface area contributed by atoms with Gasteiger partial charge in [-0.25, -0.2) is 4.98 Å². The molecule has 0 aliphatic rings. The summed E-state index contributed by atoms with van der Waals surface area (Å²) in [6.07, 6.45) is 3.53. The lowest BCUT2D eigenvalue weighted by molar-refractivity contribution is 0.408. The molecule has 4 nitrogen and oxygen atoms in total. The van der Waals surface area contributed by atoms with Gasteiger partial charge in [0.25, 0.3) is 0 Å². The molecule has 0 aliphatic carbocycles. The first-order chi connectivity index (χ1) is 7.31. The average molecular weight is 203 g/mol. The number of aromatic nitrogens is 2. The van der Waals surface area contributed by atoms with E-state index in [1.165, 1.54) is 0 Å². The van der Waals surface area contributed by atoms with Gasteiger partial charge >= 0.3 is 0 Å². The van der Waals surface area contributed by atoms with Crippen molar-refractivity contribution in [1.82, 2.24) is 9.55 Å². The monoisotopic (exact) mass is 203 g/mol. The Morgan fingerprint density at radius 1 is 1.40 bits per heavy atom. The number of para-hydroxylation sites is 1. The van der Waals surface area contributed by atoms with E-state index in [0.29, 0.717) is 12.5 Å². The maximum Gasteiger partial charge on any atom is 0.200 e. The zero-order valence-corrected chi connectivity index (χ0v) is 8.55. The van der Waals surface area contributed by atoms with Gasteiger partial charge in [-0.15, -0.1) is 0 Å². The molecule has 0 aliphatic heterocycles. The van der Waals surface area contributed by atoms with Gasteiger partial charge in [-0.2, -0.15) is 0 Å². The third kappa shape index (κ3) is 1.93. The number of anilines is 1. The van der Waals surface area contributed by atoms with E-state index >= 15 is 0 Å². The fraction of sp³-hybridized carbons (Fsp3) is 0.182. The first kappa shape index (κ1) is 9.58. The van der Waals surface area contributed by atoms with Gasteiger partial charge in [0.05, 0.1) is 13.7 Å². The lowest BCUT2D eigenvalue weighted by Crippen LogP contribution is -2.04. The van der Waals surface area contributed by atoms with Gasteiger partial charge in [0, 0.05) is 18.0 Å². The molecule has 0 unspecified atom stereocenters. The van der Waals surface area contributed by atoms with Crippen molar-refractivity contribution in [1.29, 1.82) is 0 Å². The maximum atomic E-state index is 5.69. The SMILES string of the molecule is COc1ccccc1Cn1ccnc1N. The van der Waals surface area contributed by atoms with Crippen LogP contribution in [0, 0.1) is 0 Å². The zero-order chi connectivity index (χ0) is 10.7. The van der Waals surface area contributed by atoms with Crippen LogP contribution in [-0.2, 0) is 6.54 Å². The summed E-state index contributed by atoms with van der Waals surface area (Å²) in [7, 11) is 1.66. The summed E-state index contributed by atoms with van der Waals surface area (Å²) in [5.41, 5.74) is 6.78. The predicted octanol–water partition coefficient (Wildman–Crippen LogP) is 1.52. The summed E-state index contributed by atoms with van der Waals surface area (Å²) in [5, 5.41) is 0. The first-order valence-electron chi connectivity index (χ1n) is 4.70. The number of nitrogens with two attached hydrogens (primary N) is 1. The molecule has 15 heavy (non-hydrogen) atoms. The second kappa shape index (κ2) is 4.04. The van der Waals surface area contributed by atoms with Gasteiger partial charge in [0.15, 0.2) is 5.95 Å². The standard InChI is InChI=1S/C11H13N3O/c1-15-10-5-3-2-4-9(10)8-14-7-6-13-11(14)12/h2-7H,8H2,1H3,(H2,12,13). The van der Waals surface area contributed by atoms with E-state index in [1.54, 1.807) is 13.3 Å². The minimum absolute atomic E-state index is 0.515. The van der Waals surface area contributed by atoms with E-state index in [9.17, 15) is 0 Å². The number of imidazole rings is 1. The third-order valence-corrected chi connectivity index (χ3v) is 2.28. The number of nitrogen functional groups attached to an aromatic ring is 1. The van der Waals surface area contributed by atoms with E-state index in [0.717, 1.165) is 11.3 Å². The smallest absolute Gasteiger partial charge is 0.200 e. The van der Waals surface area contributed by atoms with Gasteiger partial charge in [-0.3, -0.25) is 0 Å². The topological polar surface area (TPSA) is 53.1 Å². The number of methoxy groups -OCH3 is 1. The molecule has 0 atom stereocenters. The summed E-state index contributed by atoms with van der Waals surface area (Å²) in [6, 6.07) is 7.87. The highest BCUT2D eigenvalue weighted by atomic mass is 16.5. The van der Waals surface area contributed by atoms with E-state index in [-0.39, 0.29) is 0 Å². The van der Waals surface area contributed by atoms with Crippen LogP contribution in [0.25, 0.3) is 0 Å². The van der Waals surface area contributed by atoms with Crippen LogP contribution in [0.15, 0.2) is 36.7 Å². The summed E-state index contributed by atoms with van der Waals surface area (Å²) in [4.78, 5) is 3.97. The molecule has 0 saturated heterocycles. The number of rotatable bonds is 3. The van der Waals surface area contributed by atoms with Crippen LogP contribution in [0.1, 0.15) is 5.56 Å². The molecule has 0 bridgehead atoms. The number of nitrogens with zero attached hydrogens (tertiary/aromatic N) is 2. The van der Waals surface area contributed by atoms with Crippen LogP contribution in [0.5, 0.6) is 5.75 Å². The van der Waals surface area contributed by atoms with E-state index in [2.05, 4.69) is 4.98 Å². The molecule has 1 aromatic carbocycles. The van der Waals surface area contributed by atoms with Crippen molar-refractivity contribution in [3.8, 4) is 5.75 Å². The lowest BCUT2D eigenvalue weighted by atomic mass is 10.2. The van der Waals surface area contributed by atoms with Crippen molar-refractivity contribution >= 4 is 5.95 Å². The minimum Gasteiger partial charge on any atom is -0.496 e. The molecule has 0 amide bonds. The van der Waals surface area contributed by atoms with E-state index in [1.807, 2.05) is 35.0 Å². The van der Waals surface area contributed by atoms with Crippen LogP contribution in [0.3, 0.4) is 0 Å². The van der Waals surface area contributed by atoms with Gasteiger partial charge in [0.1, 0.15) is 5.75 Å². The quantitative estimate of drug-likeness (QED) is 0.822. The van der Waals surface area contributed by atoms with Crippen LogP contribution < -0.4 is 10.5 Å². The fourth-order valence-electron chi connectivity index (χ4n) is 1.49. The van der Waals surface area contributed by atoms with Crippen molar-refractivity contribution in [2.45, 2.75) is 6.54 Å². The second-order valence-electron chi connectivity index (χ2n) is 3.23. The average Bonchev–Trinajstić information content (AvgIpc) is 2.65. The second-order valence-corrected chi connectivity index (χ2v) is 3.23. The molecule has 0 radical (unpaired) electrons. The highest BCUT2D eigenvalue weighted by molar-refractivity contribution is 5.34. The number of hydrogen-bond donors (Lipinski definition) is 1. The molecule has 0 fully saturated rings. The van der Waals surface area contributed by atoms with Crippen molar-refractivity contribution in [2.75, 3.05) is 12.8 Å². The van der Waals surface area contributed by atoms with E-state index in [4.69, 9.17) is 10.5 Å². The Hall–Kier alpha value is -1.97. The van der Waals surface area contributed by atoms with Gasteiger partial charge in [0.2, 0.25) is 0 Å². The first-order valence-corrected chi connectivity index (χ1v) is 4.70. The molecule has 78 valence electrons. The summed E-state index contributed by atoms with van der Waals surface area (Å²) in [5.74, 6) is 1.38. The Morgan fingerprint density at radius 2 is 2.20 bits per heavy atom. The normalized spacial score (nSPS) is 10.2. The molecular formula is C11H13N3O. The molecule has 2 N–H and O–H groups in total. The summed E-state index contributed by atoms with van der Waals surface area (Å²) >= 11 is 0. The Morgan fingerprint density at radius 3 is 2.87 bits per heavy atom. The highest BCUT2D eigenvalue weighted by Gasteiger charge is 2.04. The van der Waals surface area contributed by atoms with Crippen LogP contribution in [-0.4, -0.2) is 16.7 Å². The number of hydrogen-bond acceptors (Lipinski definition) is 3. The molecule has 0 spiro atoms. The van der Waals surface area contributed by atoms with Crippen molar-refractivity contribution in [2.24, 2.45) is 0 Å². The molecule has 0 saturated carbocycles. The number of benzene rings is 1. The Balaban J connectivity index is 2.28. The molecule has 1 heterocycles. The van der Waals surface area contributed by atoms with Crippen molar-refractivity contribution in [3.05, 3.63) is 42.2 Å². The molecule has 1 aromatic heterocycles. The Bertz CT molecular complexity index is 451. The maximum absolute atomic E-state index is 5.69. The van der Waals surface area contributed by atoms with E-state index < -0.39 is 0 Å². The van der Waals surface area contributed by atoms with Crippen molar-refractivity contribution in [3.63, 3.8) is 0 Å². The predicted molar refractivity (Wildman–Crippen MR) is 58.7 cm³/mol. The summed E-state index contributed by atoms with van der Waals surface area (Å²) in [6.45, 7) is 0.676. The fourth-order valence-corrected chi connectivity index (χ4v) is 1.49. The third-order valence-electron chi connectivity index (χ3n) is 2.28. The Kier molecular flexibility index (Phi) is 2.58. The van der Waals surface area contributed by atoms with Crippen LogP contribution >= 0.6 is 0 Å². The Labute approximate surface area is 88.3 Å². The molecule has 2 rings (SSSR count). The minimum atomic E-state index is 0.515. The van der Waals surface area contributed by atoms with Crippen LogP contribution in [0.2, 0.25) is 0 Å². The van der Waals surface area contributed by atoms with Crippen molar-refractivity contribution < 1.29 is 4.74 Å². The van der Waals surface area contributed by atoms with Crippen LogP contribution in [0.4, 0.5) is 5.95 Å². The van der Waals surface area contributed by atoms with Gasteiger partial charge in [-0.05, 0) is 6.07 Å². The molecular weight excluding hydrogens is 190 g/mol. The zero-order valence-electron chi connectivity index (χ0n) is 8.55. The number of ether oxygens (including phenoxy) is 1. The molecule has 4 heteroatoms. The highest BCUT2D eigenvalue weighted by Crippen LogP contribution is 2.19. The summed E-state index contributed by atoms with van der Waals surface area (Å²) < 4.78 is 7.13. The van der Waals surface area contributed by atoms with Gasteiger partial charge < -0.3 is 15.0 Å².